The maximum absolute atomic E-state index is 12.2. The van der Waals surface area contributed by atoms with Crippen LogP contribution < -0.4 is 0 Å². The zero-order valence-electron chi connectivity index (χ0n) is 46.3. The first-order chi connectivity index (χ1) is 31.5. The zero-order valence-corrected chi connectivity index (χ0v) is 46.3. The van der Waals surface area contributed by atoms with E-state index < -0.39 is 0 Å². The highest BCUT2D eigenvalue weighted by molar-refractivity contribution is 5.91. The van der Waals surface area contributed by atoms with Crippen LogP contribution in [-0.4, -0.2) is 29.1 Å². The van der Waals surface area contributed by atoms with Crippen LogP contribution in [0.3, 0.4) is 0 Å². The van der Waals surface area contributed by atoms with E-state index in [1.54, 1.807) is 18.1 Å². The van der Waals surface area contributed by atoms with Gasteiger partial charge in [0.15, 0.2) is 5.78 Å². The lowest BCUT2D eigenvalue weighted by molar-refractivity contribution is -0.155. The maximum atomic E-state index is 12.2. The molecule has 8 aliphatic carbocycles. The average molecular weight is 928 g/mol. The second-order valence-corrected chi connectivity index (χ2v) is 27.3. The molecule has 0 heterocycles. The van der Waals surface area contributed by atoms with Gasteiger partial charge >= 0.3 is 5.97 Å². The standard InChI is InChI=1S/C31H52O2.C27H46O.C5H8O/c1-20(2)9-8-10-22(5)26-13-14-27-25-12-11-23-19-24(33-29(32)21(3)4)15-17-30(23,6)28(25)16-18-31(26,27)7;1-18(2)7-6-8-19(3)23-11-12-24-22-10-9-20-17-21(28)13-15-26(20,4)25(22)14-16-27(23,24)5;1-4(2)5(3)6/h11,20-22,24-28H,8-10,12-19H2,1-7H3;9,18-19,21-25,28H,6-8,10-17H2,1-5H3;1H2,2-3H3. The monoisotopic (exact) mass is 927 g/mol. The van der Waals surface area contributed by atoms with Gasteiger partial charge in [-0.15, -0.1) is 0 Å². The van der Waals surface area contributed by atoms with Gasteiger partial charge in [0.1, 0.15) is 6.10 Å². The summed E-state index contributed by atoms with van der Waals surface area (Å²) in [6, 6.07) is 0. The van der Waals surface area contributed by atoms with Gasteiger partial charge in [0.25, 0.3) is 0 Å². The molecular formula is C63H106O4. The molecule has 0 bridgehead atoms. The number of fused-ring (bicyclic) bond motifs is 10. The van der Waals surface area contributed by atoms with Crippen LogP contribution in [-0.2, 0) is 14.3 Å². The van der Waals surface area contributed by atoms with E-state index in [1.165, 1.54) is 122 Å². The van der Waals surface area contributed by atoms with E-state index in [4.69, 9.17) is 4.74 Å². The quantitative estimate of drug-likeness (QED) is 0.114. The average Bonchev–Trinajstić information content (AvgIpc) is 3.81. The van der Waals surface area contributed by atoms with Crippen molar-refractivity contribution in [3.8, 4) is 0 Å². The topological polar surface area (TPSA) is 63.6 Å². The third-order valence-electron chi connectivity index (χ3n) is 21.9. The van der Waals surface area contributed by atoms with Gasteiger partial charge in [0.05, 0.1) is 12.0 Å². The summed E-state index contributed by atoms with van der Waals surface area (Å²) in [4.78, 5) is 22.2. The number of aliphatic hydroxyl groups excluding tert-OH is 1. The Labute approximate surface area is 413 Å². The fraction of sp³-hybridized carbons (Fsp3) is 0.873. The van der Waals surface area contributed by atoms with Gasteiger partial charge in [0, 0.05) is 6.42 Å². The fourth-order valence-electron chi connectivity index (χ4n) is 17.7. The van der Waals surface area contributed by atoms with Gasteiger partial charge in [-0.1, -0.05) is 151 Å². The molecule has 0 amide bonds. The van der Waals surface area contributed by atoms with E-state index in [0.717, 1.165) is 96.7 Å². The number of hydrogen-bond acceptors (Lipinski definition) is 4. The molecule has 8 aliphatic rings. The summed E-state index contributed by atoms with van der Waals surface area (Å²) in [5.41, 5.74) is 5.74. The smallest absolute Gasteiger partial charge is 0.308 e. The van der Waals surface area contributed by atoms with Gasteiger partial charge in [-0.2, -0.15) is 0 Å². The minimum absolute atomic E-state index is 0.0224. The number of ketones is 1. The number of carbonyl (C=O) groups is 2. The van der Waals surface area contributed by atoms with Crippen LogP contribution in [0.5, 0.6) is 0 Å². The molecule has 0 aromatic rings. The highest BCUT2D eigenvalue weighted by atomic mass is 16.5. The van der Waals surface area contributed by atoms with E-state index in [-0.39, 0.29) is 29.9 Å². The Kier molecular flexibility index (Phi) is 18.3. The normalized spacial score (nSPS) is 40.4. The minimum Gasteiger partial charge on any atom is -0.462 e. The van der Waals surface area contributed by atoms with Crippen LogP contribution >= 0.6 is 0 Å². The Morgan fingerprint density at radius 2 is 1.04 bits per heavy atom. The fourth-order valence-corrected chi connectivity index (χ4v) is 17.7. The number of aliphatic hydroxyl groups is 1. The van der Waals surface area contributed by atoms with Crippen LogP contribution in [0.2, 0.25) is 0 Å². The van der Waals surface area contributed by atoms with Crippen molar-refractivity contribution in [3.63, 3.8) is 0 Å². The number of Topliss-reactive ketones (excluding diaryl/α,β-unsaturated/α-hetero) is 1. The molecule has 0 saturated heterocycles. The van der Waals surface area contributed by atoms with Crippen LogP contribution in [0, 0.1) is 98.6 Å². The summed E-state index contributed by atoms with van der Waals surface area (Å²) in [5, 5.41) is 10.2. The highest BCUT2D eigenvalue weighted by Gasteiger charge is 2.61. The zero-order chi connectivity index (χ0) is 49.2. The molecule has 1 N–H and O–H groups in total. The van der Waals surface area contributed by atoms with Gasteiger partial charge < -0.3 is 9.84 Å². The number of rotatable bonds is 13. The maximum Gasteiger partial charge on any atom is 0.308 e. The summed E-state index contributed by atoms with van der Waals surface area (Å²) < 4.78 is 5.88. The largest absolute Gasteiger partial charge is 0.462 e. The summed E-state index contributed by atoms with van der Waals surface area (Å²) in [7, 11) is 0. The molecule has 6 fully saturated rings. The Morgan fingerprint density at radius 3 is 1.46 bits per heavy atom. The number of esters is 1. The molecule has 0 radical (unpaired) electrons. The van der Waals surface area contributed by atoms with Gasteiger partial charge in [-0.25, -0.2) is 0 Å². The lowest BCUT2D eigenvalue weighted by Gasteiger charge is -2.58. The van der Waals surface area contributed by atoms with Gasteiger partial charge in [-0.05, 0) is 208 Å². The molecule has 382 valence electrons. The van der Waals surface area contributed by atoms with Crippen molar-refractivity contribution >= 4 is 11.8 Å². The first kappa shape index (κ1) is 54.6. The molecule has 67 heavy (non-hydrogen) atoms. The molecule has 16 unspecified atom stereocenters. The van der Waals surface area contributed by atoms with E-state index in [0.29, 0.717) is 27.2 Å². The molecule has 0 aliphatic heterocycles. The van der Waals surface area contributed by atoms with Crippen LogP contribution in [0.4, 0.5) is 0 Å². The third-order valence-corrected chi connectivity index (χ3v) is 21.9. The second kappa shape index (κ2) is 22.4. The Balaban J connectivity index is 0.000000199. The summed E-state index contributed by atoms with van der Waals surface area (Å²) in [6.45, 7) is 35.6. The number of allylic oxidation sites excluding steroid dienone is 3. The number of hydrogen-bond donors (Lipinski definition) is 1. The molecule has 6 saturated carbocycles. The molecule has 4 nitrogen and oxygen atoms in total. The van der Waals surface area contributed by atoms with Crippen LogP contribution in [0.15, 0.2) is 35.5 Å². The van der Waals surface area contributed by atoms with E-state index in [9.17, 15) is 14.7 Å². The van der Waals surface area contributed by atoms with E-state index >= 15 is 0 Å². The van der Waals surface area contributed by atoms with Gasteiger partial charge in [0.2, 0.25) is 0 Å². The molecule has 4 heteroatoms. The molecule has 16 atom stereocenters. The molecule has 8 rings (SSSR count). The molecule has 0 aromatic carbocycles. The van der Waals surface area contributed by atoms with Crippen molar-refractivity contribution in [2.75, 3.05) is 0 Å². The van der Waals surface area contributed by atoms with Crippen molar-refractivity contribution in [3.05, 3.63) is 35.5 Å². The van der Waals surface area contributed by atoms with Gasteiger partial charge in [-0.3, -0.25) is 9.59 Å². The lowest BCUT2D eigenvalue weighted by atomic mass is 9.47. The lowest BCUT2D eigenvalue weighted by Crippen LogP contribution is -2.51. The van der Waals surface area contributed by atoms with E-state index in [1.807, 2.05) is 13.8 Å². The van der Waals surface area contributed by atoms with Crippen molar-refractivity contribution in [1.29, 1.82) is 0 Å². The van der Waals surface area contributed by atoms with Crippen LogP contribution in [0.25, 0.3) is 0 Å². The Morgan fingerprint density at radius 1 is 0.612 bits per heavy atom. The molecule has 0 aromatic heterocycles. The first-order valence-electron chi connectivity index (χ1n) is 28.9. The summed E-state index contributed by atoms with van der Waals surface area (Å²) in [5.74, 6) is 10.8. The number of ether oxygens (including phenoxy) is 1. The van der Waals surface area contributed by atoms with E-state index in [2.05, 4.69) is 88.0 Å². The Hall–Kier alpha value is -1.68. The summed E-state index contributed by atoms with van der Waals surface area (Å²) in [6.07, 6.45) is 34.4. The van der Waals surface area contributed by atoms with Crippen molar-refractivity contribution in [1.82, 2.24) is 0 Å². The first-order valence-corrected chi connectivity index (χ1v) is 28.9. The predicted octanol–water partition coefficient (Wildman–Crippen LogP) is 17.1. The van der Waals surface area contributed by atoms with Crippen molar-refractivity contribution in [2.45, 2.75) is 250 Å². The number of carbonyl (C=O) groups excluding carboxylic acids is 2. The van der Waals surface area contributed by atoms with Crippen molar-refractivity contribution in [2.24, 2.45) is 98.6 Å². The SMILES string of the molecule is C=C(C)C(C)=O.CC(C)CCCC(C)C1CCC2C3CC=C4CC(O)CCC4(C)C3CCC12C.CC(C)CCCC(C)C1CCC2C3CC=C4CC(OC(=O)C(C)C)CCC4(C)C3CCC12C. The third kappa shape index (κ3) is 11.7. The second-order valence-electron chi connectivity index (χ2n) is 27.3. The Bertz CT molecular complexity index is 1740. The molecular weight excluding hydrogens is 821 g/mol. The minimum atomic E-state index is -0.0766. The predicted molar refractivity (Wildman–Crippen MR) is 282 cm³/mol. The summed E-state index contributed by atoms with van der Waals surface area (Å²) >= 11 is 0. The highest BCUT2D eigenvalue weighted by Crippen LogP contribution is 2.69. The van der Waals surface area contributed by atoms with Crippen LogP contribution in [0.1, 0.15) is 238 Å². The molecule has 0 spiro atoms. The van der Waals surface area contributed by atoms with Crippen molar-refractivity contribution < 1.29 is 19.4 Å².